The first-order valence-electron chi connectivity index (χ1n) is 4.64. The van der Waals surface area contributed by atoms with E-state index in [9.17, 15) is 4.79 Å². The van der Waals surface area contributed by atoms with Gasteiger partial charge in [-0.15, -0.1) is 0 Å². The van der Waals surface area contributed by atoms with Crippen LogP contribution in [0.15, 0.2) is 24.4 Å². The number of carbonyl (C=O) groups is 1. The van der Waals surface area contributed by atoms with Crippen LogP contribution in [0.25, 0.3) is 10.9 Å². The van der Waals surface area contributed by atoms with Crippen LogP contribution in [-0.2, 0) is 11.2 Å². The molecule has 0 radical (unpaired) electrons. The monoisotopic (exact) mass is 236 g/mol. The van der Waals surface area contributed by atoms with Gasteiger partial charge in [0, 0.05) is 28.5 Å². The summed E-state index contributed by atoms with van der Waals surface area (Å²) >= 11 is 5.83. The molecule has 2 rings (SSSR count). The fraction of sp³-hybridized carbons (Fsp3) is 0.0909. The van der Waals surface area contributed by atoms with Crippen molar-refractivity contribution < 1.29 is 9.90 Å². The van der Waals surface area contributed by atoms with Gasteiger partial charge in [0.25, 0.3) is 0 Å². The third-order valence-electron chi connectivity index (χ3n) is 2.35. The molecule has 0 saturated heterocycles. The highest BCUT2D eigenvalue weighted by molar-refractivity contribution is 6.35. The zero-order valence-electron chi connectivity index (χ0n) is 8.25. The Labute approximate surface area is 96.4 Å². The summed E-state index contributed by atoms with van der Waals surface area (Å²) in [6.45, 7) is 0. The van der Waals surface area contributed by atoms with E-state index in [4.69, 9.17) is 22.1 Å². The van der Waals surface area contributed by atoms with Crippen molar-refractivity contribution in [1.29, 1.82) is 5.41 Å². The Morgan fingerprint density at radius 3 is 2.94 bits per heavy atom. The molecule has 82 valence electrons. The highest BCUT2D eigenvalue weighted by Gasteiger charge is 2.11. The Hall–Kier alpha value is -1.81. The number of aromatic nitrogens is 1. The maximum Gasteiger partial charge on any atom is 0.349 e. The van der Waals surface area contributed by atoms with E-state index < -0.39 is 5.97 Å². The number of carboxylic acid groups (broad SMARTS) is 1. The SMILES string of the molecule is N=C(Cc1c[nH]c2cc(Cl)ccc12)C(=O)O. The zero-order chi connectivity index (χ0) is 11.7. The number of hydrogen-bond acceptors (Lipinski definition) is 2. The van der Waals surface area contributed by atoms with E-state index in [2.05, 4.69) is 4.98 Å². The highest BCUT2D eigenvalue weighted by Crippen LogP contribution is 2.22. The predicted octanol–water partition coefficient (Wildman–Crippen LogP) is 2.47. The van der Waals surface area contributed by atoms with Gasteiger partial charge in [0.1, 0.15) is 5.71 Å². The molecule has 0 bridgehead atoms. The molecule has 0 fully saturated rings. The van der Waals surface area contributed by atoms with Crippen molar-refractivity contribution in [2.24, 2.45) is 0 Å². The maximum absolute atomic E-state index is 10.6. The van der Waals surface area contributed by atoms with E-state index in [1.807, 2.05) is 6.07 Å². The summed E-state index contributed by atoms with van der Waals surface area (Å²) in [6.07, 6.45) is 1.81. The molecular weight excluding hydrogens is 228 g/mol. The fourth-order valence-electron chi connectivity index (χ4n) is 1.57. The van der Waals surface area contributed by atoms with Gasteiger partial charge in [0.2, 0.25) is 0 Å². The largest absolute Gasteiger partial charge is 0.477 e. The number of fused-ring (bicyclic) bond motifs is 1. The van der Waals surface area contributed by atoms with Crippen LogP contribution in [0.3, 0.4) is 0 Å². The minimum atomic E-state index is -1.19. The molecule has 4 nitrogen and oxygen atoms in total. The number of rotatable bonds is 3. The standard InChI is InChI=1S/C11H9ClN2O2/c12-7-1-2-8-6(3-9(13)11(15)16)5-14-10(8)4-7/h1-2,4-5,13-14H,3H2,(H,15,16). The topological polar surface area (TPSA) is 76.9 Å². The van der Waals surface area contributed by atoms with Crippen LogP contribution in [0.5, 0.6) is 0 Å². The van der Waals surface area contributed by atoms with E-state index in [0.717, 1.165) is 16.5 Å². The smallest absolute Gasteiger partial charge is 0.349 e. The van der Waals surface area contributed by atoms with Gasteiger partial charge in [-0.1, -0.05) is 17.7 Å². The van der Waals surface area contributed by atoms with E-state index in [-0.39, 0.29) is 12.1 Å². The molecule has 5 heteroatoms. The van der Waals surface area contributed by atoms with Crippen molar-refractivity contribution in [1.82, 2.24) is 4.98 Å². The summed E-state index contributed by atoms with van der Waals surface area (Å²) in [4.78, 5) is 13.6. The second kappa shape index (κ2) is 3.98. The molecule has 0 atom stereocenters. The van der Waals surface area contributed by atoms with E-state index in [1.54, 1.807) is 18.3 Å². The van der Waals surface area contributed by atoms with Gasteiger partial charge in [0.05, 0.1) is 0 Å². The molecule has 0 unspecified atom stereocenters. The average molecular weight is 237 g/mol. The number of aromatic amines is 1. The molecule has 0 saturated carbocycles. The van der Waals surface area contributed by atoms with Gasteiger partial charge in [-0.2, -0.15) is 0 Å². The van der Waals surface area contributed by atoms with Crippen molar-refractivity contribution in [3.8, 4) is 0 Å². The molecule has 1 heterocycles. The second-order valence-electron chi connectivity index (χ2n) is 3.46. The van der Waals surface area contributed by atoms with Crippen molar-refractivity contribution in [3.05, 3.63) is 35.0 Å². The summed E-state index contributed by atoms with van der Waals surface area (Å²) in [7, 11) is 0. The Kier molecular flexibility index (Phi) is 2.66. The molecule has 0 aliphatic heterocycles. The minimum absolute atomic E-state index is 0.108. The lowest BCUT2D eigenvalue weighted by Gasteiger charge is -1.98. The van der Waals surface area contributed by atoms with Crippen LogP contribution in [0, 0.1) is 5.41 Å². The molecule has 0 amide bonds. The van der Waals surface area contributed by atoms with Crippen LogP contribution < -0.4 is 0 Å². The Balaban J connectivity index is 2.39. The lowest BCUT2D eigenvalue weighted by atomic mass is 10.1. The number of aliphatic carboxylic acids is 1. The third kappa shape index (κ3) is 1.92. The zero-order valence-corrected chi connectivity index (χ0v) is 9.01. The lowest BCUT2D eigenvalue weighted by molar-refractivity contribution is -0.129. The van der Waals surface area contributed by atoms with Crippen LogP contribution in [0.2, 0.25) is 5.02 Å². The molecule has 3 N–H and O–H groups in total. The highest BCUT2D eigenvalue weighted by atomic mass is 35.5. The Bertz CT molecular complexity index is 574. The summed E-state index contributed by atoms with van der Waals surface area (Å²) in [6, 6.07) is 5.33. The minimum Gasteiger partial charge on any atom is -0.477 e. The second-order valence-corrected chi connectivity index (χ2v) is 3.90. The molecule has 2 aromatic rings. The van der Waals surface area contributed by atoms with Gasteiger partial charge in [-0.05, 0) is 17.7 Å². The molecular formula is C11H9ClN2O2. The number of hydrogen-bond donors (Lipinski definition) is 3. The van der Waals surface area contributed by atoms with Gasteiger partial charge in [0.15, 0.2) is 0 Å². The van der Waals surface area contributed by atoms with Crippen LogP contribution in [0.1, 0.15) is 5.56 Å². The molecule has 0 spiro atoms. The maximum atomic E-state index is 10.6. The average Bonchev–Trinajstić information content (AvgIpc) is 2.60. The van der Waals surface area contributed by atoms with Crippen molar-refractivity contribution in [3.63, 3.8) is 0 Å². The van der Waals surface area contributed by atoms with Crippen LogP contribution in [0.4, 0.5) is 0 Å². The number of benzene rings is 1. The summed E-state index contributed by atoms with van der Waals surface area (Å²) in [5.41, 5.74) is 1.32. The number of halogens is 1. The summed E-state index contributed by atoms with van der Waals surface area (Å²) in [5, 5.41) is 17.5. The Morgan fingerprint density at radius 2 is 2.25 bits per heavy atom. The summed E-state index contributed by atoms with van der Waals surface area (Å²) in [5.74, 6) is -1.19. The van der Waals surface area contributed by atoms with Crippen molar-refractivity contribution in [2.45, 2.75) is 6.42 Å². The number of H-pyrrole nitrogens is 1. The molecule has 16 heavy (non-hydrogen) atoms. The van der Waals surface area contributed by atoms with Crippen molar-refractivity contribution >= 4 is 34.2 Å². The molecule has 1 aromatic heterocycles. The van der Waals surface area contributed by atoms with Crippen LogP contribution >= 0.6 is 11.6 Å². The first-order chi connectivity index (χ1) is 7.58. The van der Waals surface area contributed by atoms with Gasteiger partial charge in [-0.3, -0.25) is 5.41 Å². The van der Waals surface area contributed by atoms with E-state index >= 15 is 0 Å². The quantitative estimate of drug-likeness (QED) is 0.716. The first-order valence-corrected chi connectivity index (χ1v) is 5.02. The van der Waals surface area contributed by atoms with Gasteiger partial charge in [-0.25, -0.2) is 4.79 Å². The van der Waals surface area contributed by atoms with Crippen LogP contribution in [-0.4, -0.2) is 21.8 Å². The summed E-state index contributed by atoms with van der Waals surface area (Å²) < 4.78 is 0. The third-order valence-corrected chi connectivity index (χ3v) is 2.59. The first kappa shape index (κ1) is 10.7. The normalized spacial score (nSPS) is 10.6. The number of nitrogens with one attached hydrogen (secondary N) is 2. The van der Waals surface area contributed by atoms with Crippen molar-refractivity contribution in [2.75, 3.05) is 0 Å². The molecule has 0 aliphatic carbocycles. The predicted molar refractivity (Wildman–Crippen MR) is 62.4 cm³/mol. The number of carboxylic acids is 1. The van der Waals surface area contributed by atoms with Gasteiger partial charge < -0.3 is 10.1 Å². The molecule has 0 aliphatic rings. The molecule has 1 aromatic carbocycles. The van der Waals surface area contributed by atoms with E-state index in [1.165, 1.54) is 0 Å². The fourth-order valence-corrected chi connectivity index (χ4v) is 1.74. The van der Waals surface area contributed by atoms with E-state index in [0.29, 0.717) is 5.02 Å². The lowest BCUT2D eigenvalue weighted by Crippen LogP contribution is -2.13. The Morgan fingerprint density at radius 1 is 1.50 bits per heavy atom. The van der Waals surface area contributed by atoms with Gasteiger partial charge >= 0.3 is 5.97 Å².